The molecule has 0 aliphatic carbocycles. The lowest BCUT2D eigenvalue weighted by atomic mass is 10.2. The Morgan fingerprint density at radius 1 is 1.64 bits per heavy atom. The number of likely N-dealkylation sites (N-methyl/N-ethyl adjacent to an activating group) is 1. The number of likely N-dealkylation sites (tertiary alicyclic amines) is 1. The summed E-state index contributed by atoms with van der Waals surface area (Å²) in [6.45, 7) is 6.98. The molecule has 2 atom stereocenters. The third-order valence-electron chi connectivity index (χ3n) is 2.52. The molecule has 1 N–H and O–H groups in total. The normalized spacial score (nSPS) is 29.2. The highest BCUT2D eigenvalue weighted by atomic mass is 15.2. The molecule has 66 valence electrons. The molecule has 0 aromatic carbocycles. The fourth-order valence-corrected chi connectivity index (χ4v) is 1.59. The Morgan fingerprint density at radius 3 is 2.82 bits per heavy atom. The highest BCUT2D eigenvalue weighted by Crippen LogP contribution is 2.07. The van der Waals surface area contributed by atoms with E-state index < -0.39 is 0 Å². The van der Waals surface area contributed by atoms with Crippen LogP contribution in [-0.2, 0) is 0 Å². The number of nitrogens with zero attached hydrogens (tertiary/aromatic N) is 1. The van der Waals surface area contributed by atoms with Crippen molar-refractivity contribution in [2.24, 2.45) is 0 Å². The predicted octanol–water partition coefficient (Wildman–Crippen LogP) is 1.08. The molecule has 2 nitrogen and oxygen atoms in total. The molecule has 0 saturated carbocycles. The van der Waals surface area contributed by atoms with E-state index in [1.807, 2.05) is 0 Å². The average molecular weight is 156 g/mol. The van der Waals surface area contributed by atoms with Crippen LogP contribution in [0.25, 0.3) is 0 Å². The van der Waals surface area contributed by atoms with Crippen LogP contribution in [0.2, 0.25) is 0 Å². The Bertz CT molecular complexity index is 114. The molecule has 0 amide bonds. The lowest BCUT2D eigenvalue weighted by molar-refractivity contribution is 0.383. The predicted molar refractivity (Wildman–Crippen MR) is 48.8 cm³/mol. The van der Waals surface area contributed by atoms with E-state index in [4.69, 9.17) is 0 Å². The summed E-state index contributed by atoms with van der Waals surface area (Å²) in [5.74, 6) is 0. The van der Waals surface area contributed by atoms with Gasteiger partial charge in [-0.25, -0.2) is 0 Å². The number of rotatable bonds is 3. The Morgan fingerprint density at radius 2 is 2.36 bits per heavy atom. The van der Waals surface area contributed by atoms with Gasteiger partial charge in [-0.1, -0.05) is 6.92 Å². The Kier molecular flexibility index (Phi) is 3.34. The Balaban J connectivity index is 2.17. The van der Waals surface area contributed by atoms with Gasteiger partial charge in [-0.2, -0.15) is 0 Å². The van der Waals surface area contributed by atoms with Crippen molar-refractivity contribution >= 4 is 0 Å². The molecule has 0 spiro atoms. The maximum atomic E-state index is 3.62. The van der Waals surface area contributed by atoms with Crippen LogP contribution in [0.15, 0.2) is 0 Å². The summed E-state index contributed by atoms with van der Waals surface area (Å²) in [4.78, 5) is 2.39. The maximum Gasteiger partial charge on any atom is 0.0209 e. The van der Waals surface area contributed by atoms with Crippen molar-refractivity contribution < 1.29 is 0 Å². The first-order chi connectivity index (χ1) is 5.22. The van der Waals surface area contributed by atoms with Crippen molar-refractivity contribution in [2.45, 2.75) is 38.8 Å². The van der Waals surface area contributed by atoms with Gasteiger partial charge in [0.2, 0.25) is 0 Å². The highest BCUT2D eigenvalue weighted by molar-refractivity contribution is 4.80. The van der Waals surface area contributed by atoms with E-state index in [-0.39, 0.29) is 0 Å². The fourth-order valence-electron chi connectivity index (χ4n) is 1.59. The van der Waals surface area contributed by atoms with Gasteiger partial charge in [-0.15, -0.1) is 0 Å². The van der Waals surface area contributed by atoms with Crippen LogP contribution in [-0.4, -0.2) is 37.1 Å². The molecular formula is C9H20N2. The molecule has 1 rings (SSSR count). The van der Waals surface area contributed by atoms with E-state index >= 15 is 0 Å². The van der Waals surface area contributed by atoms with Crippen LogP contribution < -0.4 is 5.32 Å². The minimum atomic E-state index is 0.687. The van der Waals surface area contributed by atoms with Gasteiger partial charge >= 0.3 is 0 Å². The zero-order valence-corrected chi connectivity index (χ0v) is 7.93. The molecule has 1 fully saturated rings. The van der Waals surface area contributed by atoms with Crippen molar-refractivity contribution in [1.29, 1.82) is 0 Å². The number of hydrogen-bond acceptors (Lipinski definition) is 2. The molecule has 0 aromatic rings. The van der Waals surface area contributed by atoms with E-state index in [0.717, 1.165) is 6.04 Å². The average Bonchev–Trinajstić information content (AvgIpc) is 2.35. The topological polar surface area (TPSA) is 15.3 Å². The largest absolute Gasteiger partial charge is 0.310 e. The molecule has 0 aromatic heterocycles. The summed E-state index contributed by atoms with van der Waals surface area (Å²) < 4.78 is 0. The van der Waals surface area contributed by atoms with Gasteiger partial charge in [0.15, 0.2) is 0 Å². The van der Waals surface area contributed by atoms with Gasteiger partial charge in [0, 0.05) is 18.6 Å². The van der Waals surface area contributed by atoms with Crippen molar-refractivity contribution in [2.75, 3.05) is 20.1 Å². The number of hydrogen-bond donors (Lipinski definition) is 1. The molecule has 1 heterocycles. The monoisotopic (exact) mass is 156 g/mol. The van der Waals surface area contributed by atoms with Crippen LogP contribution in [0.5, 0.6) is 0 Å². The van der Waals surface area contributed by atoms with Crippen LogP contribution in [0, 0.1) is 0 Å². The minimum Gasteiger partial charge on any atom is -0.310 e. The van der Waals surface area contributed by atoms with E-state index in [2.05, 4.69) is 31.1 Å². The number of nitrogens with one attached hydrogen (secondary N) is 1. The first kappa shape index (κ1) is 9.01. The summed E-state index contributed by atoms with van der Waals surface area (Å²) in [7, 11) is 2.19. The SMILES string of the molecule is CC[C@H](C)N[C@H]1CCN(C)C1. The molecule has 0 radical (unpaired) electrons. The fraction of sp³-hybridized carbons (Fsp3) is 1.00. The van der Waals surface area contributed by atoms with Crippen LogP contribution in [0.3, 0.4) is 0 Å². The summed E-state index contributed by atoms with van der Waals surface area (Å²) in [6.07, 6.45) is 2.56. The molecule has 0 bridgehead atoms. The Labute approximate surface area is 70.0 Å². The van der Waals surface area contributed by atoms with Gasteiger partial charge in [0.1, 0.15) is 0 Å². The first-order valence-corrected chi connectivity index (χ1v) is 4.67. The molecule has 11 heavy (non-hydrogen) atoms. The molecule has 1 aliphatic rings. The standard InChI is InChI=1S/C9H20N2/c1-4-8(2)10-9-5-6-11(3)7-9/h8-10H,4-7H2,1-3H3/t8-,9-/m0/s1. The molecule has 1 aliphatic heterocycles. The molecule has 1 saturated heterocycles. The zero-order valence-electron chi connectivity index (χ0n) is 7.93. The smallest absolute Gasteiger partial charge is 0.0209 e. The second kappa shape index (κ2) is 4.07. The first-order valence-electron chi connectivity index (χ1n) is 4.67. The summed E-state index contributed by atoms with van der Waals surface area (Å²) in [5, 5.41) is 3.62. The molecular weight excluding hydrogens is 136 g/mol. The lowest BCUT2D eigenvalue weighted by Gasteiger charge is -2.17. The summed E-state index contributed by atoms with van der Waals surface area (Å²) in [6, 6.07) is 1.43. The third-order valence-corrected chi connectivity index (χ3v) is 2.52. The lowest BCUT2D eigenvalue weighted by Crippen LogP contribution is -2.37. The van der Waals surface area contributed by atoms with Gasteiger partial charge in [-0.05, 0) is 33.4 Å². The molecule has 0 unspecified atom stereocenters. The van der Waals surface area contributed by atoms with Crippen molar-refractivity contribution in [3.63, 3.8) is 0 Å². The Hall–Kier alpha value is -0.0800. The van der Waals surface area contributed by atoms with E-state index in [9.17, 15) is 0 Å². The van der Waals surface area contributed by atoms with Gasteiger partial charge in [-0.3, -0.25) is 0 Å². The van der Waals surface area contributed by atoms with Gasteiger partial charge < -0.3 is 10.2 Å². The van der Waals surface area contributed by atoms with Crippen molar-refractivity contribution in [3.05, 3.63) is 0 Å². The highest BCUT2D eigenvalue weighted by Gasteiger charge is 2.19. The quantitative estimate of drug-likeness (QED) is 0.658. The second-order valence-electron chi connectivity index (χ2n) is 3.72. The van der Waals surface area contributed by atoms with Crippen molar-refractivity contribution in [1.82, 2.24) is 10.2 Å². The minimum absolute atomic E-state index is 0.687. The third kappa shape index (κ3) is 2.80. The van der Waals surface area contributed by atoms with E-state index in [1.165, 1.54) is 25.9 Å². The van der Waals surface area contributed by atoms with Gasteiger partial charge in [0.25, 0.3) is 0 Å². The zero-order chi connectivity index (χ0) is 8.27. The van der Waals surface area contributed by atoms with E-state index in [1.54, 1.807) is 0 Å². The summed E-state index contributed by atoms with van der Waals surface area (Å²) in [5.41, 5.74) is 0. The second-order valence-corrected chi connectivity index (χ2v) is 3.72. The van der Waals surface area contributed by atoms with Crippen LogP contribution in [0.1, 0.15) is 26.7 Å². The van der Waals surface area contributed by atoms with Gasteiger partial charge in [0.05, 0.1) is 0 Å². The van der Waals surface area contributed by atoms with Crippen LogP contribution in [0.4, 0.5) is 0 Å². The summed E-state index contributed by atoms with van der Waals surface area (Å²) >= 11 is 0. The van der Waals surface area contributed by atoms with E-state index in [0.29, 0.717) is 6.04 Å². The van der Waals surface area contributed by atoms with Crippen LogP contribution >= 0.6 is 0 Å². The molecule has 2 heteroatoms. The van der Waals surface area contributed by atoms with Crippen molar-refractivity contribution in [3.8, 4) is 0 Å². The maximum absolute atomic E-state index is 3.62.